The summed E-state index contributed by atoms with van der Waals surface area (Å²) in [4.78, 5) is 12.8. The van der Waals surface area contributed by atoms with Gasteiger partial charge in [-0.25, -0.2) is 4.79 Å². The van der Waals surface area contributed by atoms with Crippen LogP contribution in [0.1, 0.15) is 27.0 Å². The molecule has 0 unspecified atom stereocenters. The first-order chi connectivity index (χ1) is 16.2. The molecule has 0 saturated heterocycles. The number of carbonyl (C=O) groups is 1. The summed E-state index contributed by atoms with van der Waals surface area (Å²) in [5, 5.41) is 0. The number of halogens is 1. The Balaban J connectivity index is 1.55. The van der Waals surface area contributed by atoms with Crippen molar-refractivity contribution < 1.29 is 19.0 Å². The van der Waals surface area contributed by atoms with Crippen LogP contribution in [0.25, 0.3) is 0 Å². The highest BCUT2D eigenvalue weighted by Crippen LogP contribution is 2.39. The zero-order chi connectivity index (χ0) is 22.9. The zero-order valence-corrected chi connectivity index (χ0v) is 19.5. The van der Waals surface area contributed by atoms with Crippen molar-refractivity contribution in [1.82, 2.24) is 0 Å². The molecule has 0 heterocycles. The molecule has 0 aromatic heterocycles. The van der Waals surface area contributed by atoms with E-state index in [0.29, 0.717) is 34.7 Å². The highest BCUT2D eigenvalue weighted by molar-refractivity contribution is 9.10. The molecule has 4 rings (SSSR count). The van der Waals surface area contributed by atoms with Gasteiger partial charge in [-0.3, -0.25) is 0 Å². The van der Waals surface area contributed by atoms with Gasteiger partial charge in [-0.2, -0.15) is 0 Å². The van der Waals surface area contributed by atoms with Crippen molar-refractivity contribution in [1.29, 1.82) is 0 Å². The number of hydrogen-bond acceptors (Lipinski definition) is 4. The van der Waals surface area contributed by atoms with Crippen LogP contribution in [-0.2, 0) is 24.6 Å². The highest BCUT2D eigenvalue weighted by atomic mass is 79.9. The van der Waals surface area contributed by atoms with Gasteiger partial charge in [0.05, 0.1) is 10.0 Å². The van der Waals surface area contributed by atoms with E-state index < -0.39 is 5.97 Å². The van der Waals surface area contributed by atoms with Gasteiger partial charge >= 0.3 is 5.97 Å². The quantitative estimate of drug-likeness (QED) is 0.232. The Morgan fingerprint density at radius 3 is 1.64 bits per heavy atom. The molecule has 0 atom stereocenters. The van der Waals surface area contributed by atoms with Crippen LogP contribution in [0.4, 0.5) is 0 Å². The average Bonchev–Trinajstić information content (AvgIpc) is 2.87. The number of rotatable bonds is 9. The predicted molar refractivity (Wildman–Crippen MR) is 131 cm³/mol. The number of carbonyl (C=O) groups excluding carboxylic acids is 1. The molecule has 5 heteroatoms. The van der Waals surface area contributed by atoms with Crippen LogP contribution in [0.5, 0.6) is 11.5 Å². The fourth-order valence-electron chi connectivity index (χ4n) is 3.21. The average molecular weight is 503 g/mol. The molecule has 0 aliphatic heterocycles. The molecule has 0 aliphatic rings. The maximum atomic E-state index is 12.8. The van der Waals surface area contributed by atoms with Crippen LogP contribution in [-0.4, -0.2) is 5.97 Å². The molecule has 0 saturated carbocycles. The fourth-order valence-corrected chi connectivity index (χ4v) is 3.81. The third-order valence-corrected chi connectivity index (χ3v) is 5.74. The summed E-state index contributed by atoms with van der Waals surface area (Å²) in [6.07, 6.45) is 0. The van der Waals surface area contributed by atoms with E-state index in [2.05, 4.69) is 15.9 Å². The van der Waals surface area contributed by atoms with Crippen LogP contribution < -0.4 is 9.47 Å². The van der Waals surface area contributed by atoms with E-state index in [9.17, 15) is 4.79 Å². The van der Waals surface area contributed by atoms with Crippen LogP contribution in [0, 0.1) is 0 Å². The molecule has 0 bridgehead atoms. The summed E-state index contributed by atoms with van der Waals surface area (Å²) in [5.41, 5.74) is 3.34. The first kappa shape index (κ1) is 22.6. The lowest BCUT2D eigenvalue weighted by molar-refractivity contribution is 0.0471. The van der Waals surface area contributed by atoms with Crippen molar-refractivity contribution in [2.75, 3.05) is 0 Å². The minimum Gasteiger partial charge on any atom is -0.485 e. The Morgan fingerprint density at radius 2 is 1.09 bits per heavy atom. The molecule has 0 radical (unpaired) electrons. The molecule has 0 fully saturated rings. The van der Waals surface area contributed by atoms with Gasteiger partial charge in [-0.15, -0.1) is 0 Å². The molecule has 33 heavy (non-hydrogen) atoms. The van der Waals surface area contributed by atoms with Crippen molar-refractivity contribution in [3.63, 3.8) is 0 Å². The lowest BCUT2D eigenvalue weighted by atomic mass is 10.2. The summed E-state index contributed by atoms with van der Waals surface area (Å²) in [6.45, 7) is 0.912. The smallest absolute Gasteiger partial charge is 0.339 e. The van der Waals surface area contributed by atoms with Gasteiger partial charge in [0, 0.05) is 0 Å². The van der Waals surface area contributed by atoms with E-state index in [1.54, 1.807) is 12.1 Å². The van der Waals surface area contributed by atoms with Crippen molar-refractivity contribution >= 4 is 21.9 Å². The number of hydrogen-bond donors (Lipinski definition) is 0. The second kappa shape index (κ2) is 11.3. The van der Waals surface area contributed by atoms with Crippen molar-refractivity contribution in [3.8, 4) is 11.5 Å². The van der Waals surface area contributed by atoms with Crippen LogP contribution in [0.2, 0.25) is 0 Å². The van der Waals surface area contributed by atoms with Gasteiger partial charge in [0.15, 0.2) is 11.5 Å². The maximum Gasteiger partial charge on any atom is 0.339 e. The van der Waals surface area contributed by atoms with E-state index >= 15 is 0 Å². The summed E-state index contributed by atoms with van der Waals surface area (Å²) >= 11 is 3.55. The number of benzene rings is 4. The standard InChI is InChI=1S/C28H23BrO4/c29-26-24(28(30)33-20-23-14-8-3-9-15-23)16-17-25(31-18-21-10-4-1-5-11-21)27(26)32-19-22-12-6-2-7-13-22/h1-17H,18-20H2. The lowest BCUT2D eigenvalue weighted by Crippen LogP contribution is -2.08. The Hall–Kier alpha value is -3.57. The van der Waals surface area contributed by atoms with Crippen molar-refractivity contribution in [2.24, 2.45) is 0 Å². The Morgan fingerprint density at radius 1 is 0.606 bits per heavy atom. The summed E-state index contributed by atoms with van der Waals surface area (Å²) in [7, 11) is 0. The normalized spacial score (nSPS) is 10.5. The molecule has 4 nitrogen and oxygen atoms in total. The Labute approximate surface area is 201 Å². The molecule has 166 valence electrons. The topological polar surface area (TPSA) is 44.8 Å². The van der Waals surface area contributed by atoms with Gasteiger partial charge in [-0.05, 0) is 44.8 Å². The summed E-state index contributed by atoms with van der Waals surface area (Å²) in [5.74, 6) is 0.565. The van der Waals surface area contributed by atoms with E-state index in [1.165, 1.54) is 0 Å². The van der Waals surface area contributed by atoms with E-state index in [1.807, 2.05) is 91.0 Å². The third kappa shape index (κ3) is 6.24. The van der Waals surface area contributed by atoms with E-state index in [4.69, 9.17) is 14.2 Å². The largest absolute Gasteiger partial charge is 0.485 e. The van der Waals surface area contributed by atoms with Gasteiger partial charge in [-0.1, -0.05) is 91.0 Å². The predicted octanol–water partition coefficient (Wildman–Crippen LogP) is 6.96. The second-order valence-electron chi connectivity index (χ2n) is 7.36. The number of ether oxygens (including phenoxy) is 3. The Kier molecular flexibility index (Phi) is 7.77. The Bertz CT molecular complexity index is 1180. The number of esters is 1. The van der Waals surface area contributed by atoms with Crippen molar-refractivity contribution in [3.05, 3.63) is 130 Å². The molecule has 0 amide bonds. The highest BCUT2D eigenvalue weighted by Gasteiger charge is 2.20. The van der Waals surface area contributed by atoms with Gasteiger partial charge in [0.1, 0.15) is 19.8 Å². The SMILES string of the molecule is O=C(OCc1ccccc1)c1ccc(OCc2ccccc2)c(OCc2ccccc2)c1Br. The van der Waals surface area contributed by atoms with Gasteiger partial charge in [0.25, 0.3) is 0 Å². The van der Waals surface area contributed by atoms with Crippen molar-refractivity contribution in [2.45, 2.75) is 19.8 Å². The zero-order valence-electron chi connectivity index (χ0n) is 17.9. The lowest BCUT2D eigenvalue weighted by Gasteiger charge is -2.17. The van der Waals surface area contributed by atoms with Crippen LogP contribution in [0.3, 0.4) is 0 Å². The molecular formula is C28H23BrO4. The third-order valence-electron chi connectivity index (χ3n) is 4.96. The second-order valence-corrected chi connectivity index (χ2v) is 8.16. The van der Waals surface area contributed by atoms with E-state index in [-0.39, 0.29) is 6.61 Å². The minimum atomic E-state index is -0.440. The monoisotopic (exact) mass is 502 g/mol. The molecular weight excluding hydrogens is 480 g/mol. The molecule has 4 aromatic carbocycles. The van der Waals surface area contributed by atoms with Crippen LogP contribution >= 0.6 is 15.9 Å². The maximum absolute atomic E-state index is 12.8. The molecule has 0 spiro atoms. The van der Waals surface area contributed by atoms with Gasteiger partial charge < -0.3 is 14.2 Å². The molecule has 4 aromatic rings. The van der Waals surface area contributed by atoms with Crippen LogP contribution in [0.15, 0.2) is 108 Å². The first-order valence-corrected chi connectivity index (χ1v) is 11.4. The molecule has 0 N–H and O–H groups in total. The summed E-state index contributed by atoms with van der Waals surface area (Å²) in [6, 6.07) is 32.7. The first-order valence-electron chi connectivity index (χ1n) is 10.6. The van der Waals surface area contributed by atoms with E-state index in [0.717, 1.165) is 16.7 Å². The molecule has 0 aliphatic carbocycles. The fraction of sp³-hybridized carbons (Fsp3) is 0.107. The van der Waals surface area contributed by atoms with Gasteiger partial charge in [0.2, 0.25) is 0 Å². The minimum absolute atomic E-state index is 0.193. The summed E-state index contributed by atoms with van der Waals surface area (Å²) < 4.78 is 18.2.